The molecule has 0 amide bonds. The third-order valence-corrected chi connectivity index (χ3v) is 3.66. The Bertz CT molecular complexity index is 506. The van der Waals surface area contributed by atoms with Crippen LogP contribution in [0, 0.1) is 0 Å². The van der Waals surface area contributed by atoms with Gasteiger partial charge in [0.25, 0.3) is 0 Å². The highest BCUT2D eigenvalue weighted by atomic mass is 35.5. The van der Waals surface area contributed by atoms with E-state index in [1.165, 1.54) is 5.56 Å². The van der Waals surface area contributed by atoms with E-state index in [-0.39, 0.29) is 12.4 Å². The molecule has 0 aliphatic heterocycles. The second-order valence-corrected chi connectivity index (χ2v) is 5.11. The number of ether oxygens (including phenoxy) is 1. The first kappa shape index (κ1) is 17.0. The lowest BCUT2D eigenvalue weighted by Gasteiger charge is -2.04. The summed E-state index contributed by atoms with van der Waals surface area (Å²) in [5, 5.41) is 8.97. The number of thioether (sulfide) groups is 1. The summed E-state index contributed by atoms with van der Waals surface area (Å²) in [7, 11) is 1.93. The van der Waals surface area contributed by atoms with E-state index in [4.69, 9.17) is 10.5 Å². The van der Waals surface area contributed by atoms with Crippen LogP contribution in [0.15, 0.2) is 35.5 Å². The van der Waals surface area contributed by atoms with E-state index in [1.807, 2.05) is 29.8 Å². The number of nitrogens with two attached hydrogens (primary N) is 1. The number of benzene rings is 1. The third kappa shape index (κ3) is 4.79. The fourth-order valence-corrected chi connectivity index (χ4v) is 2.39. The second kappa shape index (κ2) is 8.97. The molecule has 1 heterocycles. The standard InChI is InChI=1S/C13H18N4OS.ClH/c1-17-12(9-14)15-16-13(17)19-8-7-18-10-11-5-3-2-4-6-11;/h2-6H,7-10,14H2,1H3;1H. The molecule has 1 aromatic carbocycles. The van der Waals surface area contributed by atoms with Crippen LogP contribution < -0.4 is 5.73 Å². The summed E-state index contributed by atoms with van der Waals surface area (Å²) in [6, 6.07) is 10.2. The number of rotatable bonds is 7. The minimum atomic E-state index is 0. The van der Waals surface area contributed by atoms with Crippen molar-refractivity contribution in [1.82, 2.24) is 14.8 Å². The van der Waals surface area contributed by atoms with Crippen LogP contribution in [0.5, 0.6) is 0 Å². The molecule has 20 heavy (non-hydrogen) atoms. The van der Waals surface area contributed by atoms with Gasteiger partial charge in [0.2, 0.25) is 0 Å². The molecule has 0 unspecified atom stereocenters. The van der Waals surface area contributed by atoms with Gasteiger partial charge in [-0.3, -0.25) is 0 Å². The molecule has 0 radical (unpaired) electrons. The maximum absolute atomic E-state index is 5.61. The van der Waals surface area contributed by atoms with Crippen molar-refractivity contribution in [2.45, 2.75) is 18.3 Å². The largest absolute Gasteiger partial charge is 0.376 e. The quantitative estimate of drug-likeness (QED) is 0.625. The van der Waals surface area contributed by atoms with Gasteiger partial charge in [-0.2, -0.15) is 0 Å². The van der Waals surface area contributed by atoms with Gasteiger partial charge in [0.15, 0.2) is 5.16 Å². The van der Waals surface area contributed by atoms with Crippen molar-refractivity contribution in [3.63, 3.8) is 0 Å². The molecule has 1 aromatic heterocycles. The van der Waals surface area contributed by atoms with E-state index in [0.29, 0.717) is 19.8 Å². The summed E-state index contributed by atoms with van der Waals surface area (Å²) >= 11 is 1.63. The van der Waals surface area contributed by atoms with E-state index < -0.39 is 0 Å². The predicted molar refractivity (Wildman–Crippen MR) is 83.0 cm³/mol. The van der Waals surface area contributed by atoms with Crippen molar-refractivity contribution in [2.24, 2.45) is 12.8 Å². The van der Waals surface area contributed by atoms with E-state index in [9.17, 15) is 0 Å². The second-order valence-electron chi connectivity index (χ2n) is 4.05. The topological polar surface area (TPSA) is 66.0 Å². The Morgan fingerprint density at radius 1 is 1.25 bits per heavy atom. The van der Waals surface area contributed by atoms with Gasteiger partial charge in [0, 0.05) is 12.8 Å². The fourth-order valence-electron chi connectivity index (χ4n) is 1.60. The molecule has 0 saturated carbocycles. The van der Waals surface area contributed by atoms with Gasteiger partial charge in [-0.05, 0) is 5.56 Å². The number of hydrogen-bond acceptors (Lipinski definition) is 5. The van der Waals surface area contributed by atoms with Gasteiger partial charge in [0.05, 0.1) is 19.8 Å². The average molecular weight is 315 g/mol. The summed E-state index contributed by atoms with van der Waals surface area (Å²) in [6.07, 6.45) is 0. The van der Waals surface area contributed by atoms with Crippen LogP contribution in [0.1, 0.15) is 11.4 Å². The van der Waals surface area contributed by atoms with Crippen LogP contribution in [-0.2, 0) is 24.9 Å². The number of hydrogen-bond donors (Lipinski definition) is 1. The first-order valence-electron chi connectivity index (χ1n) is 6.14. The molecule has 7 heteroatoms. The average Bonchev–Trinajstić information content (AvgIpc) is 2.80. The Morgan fingerprint density at radius 2 is 2.00 bits per heavy atom. The van der Waals surface area contributed by atoms with Gasteiger partial charge in [0.1, 0.15) is 5.82 Å². The van der Waals surface area contributed by atoms with Gasteiger partial charge in [-0.1, -0.05) is 42.1 Å². The molecule has 0 fully saturated rings. The zero-order chi connectivity index (χ0) is 13.5. The van der Waals surface area contributed by atoms with Crippen LogP contribution in [-0.4, -0.2) is 27.1 Å². The SMILES string of the molecule is Cl.Cn1c(CN)nnc1SCCOCc1ccccc1. The Hall–Kier alpha value is -1.08. The van der Waals surface area contributed by atoms with Crippen LogP contribution in [0.4, 0.5) is 0 Å². The molecule has 110 valence electrons. The zero-order valence-corrected chi connectivity index (χ0v) is 13.0. The molecule has 2 N–H and O–H groups in total. The molecule has 2 aromatic rings. The molecule has 0 aliphatic carbocycles. The first-order valence-corrected chi connectivity index (χ1v) is 7.12. The van der Waals surface area contributed by atoms with Crippen molar-refractivity contribution in [3.8, 4) is 0 Å². The molecular weight excluding hydrogens is 296 g/mol. The highest BCUT2D eigenvalue weighted by molar-refractivity contribution is 7.99. The smallest absolute Gasteiger partial charge is 0.191 e. The van der Waals surface area contributed by atoms with Gasteiger partial charge >= 0.3 is 0 Å². The van der Waals surface area contributed by atoms with Crippen LogP contribution in [0.3, 0.4) is 0 Å². The highest BCUT2D eigenvalue weighted by Gasteiger charge is 2.06. The number of halogens is 1. The molecule has 0 bridgehead atoms. The molecule has 0 aliphatic rings. The summed E-state index contributed by atoms with van der Waals surface area (Å²) in [6.45, 7) is 1.74. The van der Waals surface area contributed by atoms with E-state index in [1.54, 1.807) is 11.8 Å². The lowest BCUT2D eigenvalue weighted by Crippen LogP contribution is -2.05. The zero-order valence-electron chi connectivity index (χ0n) is 11.4. The summed E-state index contributed by atoms with van der Waals surface area (Å²) in [4.78, 5) is 0. The summed E-state index contributed by atoms with van der Waals surface area (Å²) < 4.78 is 7.53. The van der Waals surface area contributed by atoms with Crippen LogP contribution in [0.2, 0.25) is 0 Å². The Balaban J connectivity index is 0.00000200. The lowest BCUT2D eigenvalue weighted by molar-refractivity contribution is 0.136. The summed E-state index contributed by atoms with van der Waals surface area (Å²) in [5.41, 5.74) is 6.74. The Kier molecular flexibility index (Phi) is 7.61. The van der Waals surface area contributed by atoms with Crippen molar-refractivity contribution in [2.75, 3.05) is 12.4 Å². The van der Waals surface area contributed by atoms with Crippen LogP contribution in [0.25, 0.3) is 0 Å². The van der Waals surface area contributed by atoms with E-state index >= 15 is 0 Å². The number of aromatic nitrogens is 3. The van der Waals surface area contributed by atoms with E-state index in [0.717, 1.165) is 16.7 Å². The minimum absolute atomic E-state index is 0. The monoisotopic (exact) mass is 314 g/mol. The first-order chi connectivity index (χ1) is 9.31. The molecule has 0 atom stereocenters. The molecule has 5 nitrogen and oxygen atoms in total. The molecular formula is C13H19ClN4OS. The third-order valence-electron chi connectivity index (χ3n) is 2.68. The van der Waals surface area contributed by atoms with Crippen molar-refractivity contribution in [3.05, 3.63) is 41.7 Å². The predicted octanol–water partition coefficient (Wildman–Crippen LogP) is 2.00. The van der Waals surface area contributed by atoms with Crippen molar-refractivity contribution in [1.29, 1.82) is 0 Å². The molecule has 2 rings (SSSR count). The molecule has 0 spiro atoms. The fraction of sp³-hybridized carbons (Fsp3) is 0.385. The maximum atomic E-state index is 5.61. The van der Waals surface area contributed by atoms with Gasteiger partial charge in [-0.25, -0.2) is 0 Å². The number of nitrogens with zero attached hydrogens (tertiary/aromatic N) is 3. The van der Waals surface area contributed by atoms with Crippen molar-refractivity contribution >= 4 is 24.2 Å². The molecule has 0 saturated heterocycles. The van der Waals surface area contributed by atoms with E-state index in [2.05, 4.69) is 22.3 Å². The Labute approximate surface area is 129 Å². The summed E-state index contributed by atoms with van der Waals surface area (Å²) in [5.74, 6) is 1.65. The minimum Gasteiger partial charge on any atom is -0.376 e. The maximum Gasteiger partial charge on any atom is 0.191 e. The van der Waals surface area contributed by atoms with Gasteiger partial charge in [-0.15, -0.1) is 22.6 Å². The highest BCUT2D eigenvalue weighted by Crippen LogP contribution is 2.15. The van der Waals surface area contributed by atoms with Crippen LogP contribution >= 0.6 is 24.2 Å². The van der Waals surface area contributed by atoms with Gasteiger partial charge < -0.3 is 15.0 Å². The normalized spacial score (nSPS) is 10.3. The Morgan fingerprint density at radius 3 is 2.65 bits per heavy atom. The van der Waals surface area contributed by atoms with Crippen molar-refractivity contribution < 1.29 is 4.74 Å². The lowest BCUT2D eigenvalue weighted by atomic mass is 10.2.